The summed E-state index contributed by atoms with van der Waals surface area (Å²) in [6.45, 7) is -1.94. The predicted octanol–water partition coefficient (Wildman–Crippen LogP) is 2.12. The quantitative estimate of drug-likeness (QED) is 0.808. The maximum absolute atomic E-state index is 12.2. The normalized spacial score (nSPS) is 17.7. The van der Waals surface area contributed by atoms with E-state index >= 15 is 0 Å². The van der Waals surface area contributed by atoms with E-state index in [0.717, 1.165) is 12.8 Å². The van der Waals surface area contributed by atoms with Gasteiger partial charge in [-0.1, -0.05) is 6.42 Å². The monoisotopic (exact) mass is 389 g/mol. The topological polar surface area (TPSA) is 93.4 Å². The first-order valence-electron chi connectivity index (χ1n) is 7.84. The van der Waals surface area contributed by atoms with Crippen LogP contribution >= 0.6 is 12.4 Å². The summed E-state index contributed by atoms with van der Waals surface area (Å²) < 4.78 is 30.2. The average Bonchev–Trinajstić information content (AvgIpc) is 3.03. The van der Waals surface area contributed by atoms with Crippen molar-refractivity contribution < 1.29 is 23.4 Å². The number of alkyl halides is 2. The Labute approximate surface area is 154 Å². The van der Waals surface area contributed by atoms with Crippen molar-refractivity contribution in [2.45, 2.75) is 38.5 Å². The second-order valence-corrected chi connectivity index (χ2v) is 5.70. The van der Waals surface area contributed by atoms with Crippen LogP contribution in [0.3, 0.4) is 0 Å². The molecule has 1 aliphatic rings. The van der Waals surface area contributed by atoms with Crippen LogP contribution in [0, 0.1) is 0 Å². The van der Waals surface area contributed by atoms with E-state index in [-0.39, 0.29) is 18.2 Å². The molecule has 2 heterocycles. The zero-order chi connectivity index (χ0) is 17.8. The molecular weight excluding hydrogens is 372 g/mol. The molecule has 1 fully saturated rings. The Morgan fingerprint density at radius 2 is 2.04 bits per heavy atom. The number of hydrogen-bond donors (Lipinski definition) is 1. The van der Waals surface area contributed by atoms with Gasteiger partial charge in [-0.2, -0.15) is 13.5 Å². The Morgan fingerprint density at radius 3 is 2.69 bits per heavy atom. The summed E-state index contributed by atoms with van der Waals surface area (Å²) in [6, 6.07) is 5.35. The first kappa shape index (κ1) is 20.0. The fraction of sp³-hybridized carbons (Fsp3) is 0.467. The summed E-state index contributed by atoms with van der Waals surface area (Å²) in [5.74, 6) is -0.335. The molecule has 0 saturated carbocycles. The highest BCUT2D eigenvalue weighted by atomic mass is 35.5. The molecule has 1 saturated heterocycles. The van der Waals surface area contributed by atoms with Crippen molar-refractivity contribution in [1.29, 1.82) is 0 Å². The molecule has 1 aromatic carbocycles. The zero-order valence-corrected chi connectivity index (χ0v) is 14.5. The number of carboxylic acids is 1. The molecule has 1 atom stereocenters. The summed E-state index contributed by atoms with van der Waals surface area (Å²) in [6.07, 6.45) is 2.39. The van der Waals surface area contributed by atoms with Crippen LogP contribution in [0.4, 0.5) is 8.78 Å². The van der Waals surface area contributed by atoms with Crippen molar-refractivity contribution in [3.8, 4) is 11.4 Å². The number of rotatable bonds is 6. The predicted molar refractivity (Wildman–Crippen MR) is 88.7 cm³/mol. The lowest BCUT2D eigenvalue weighted by Crippen LogP contribution is -2.44. The zero-order valence-electron chi connectivity index (χ0n) is 13.7. The van der Waals surface area contributed by atoms with Crippen molar-refractivity contribution in [3.05, 3.63) is 30.1 Å². The van der Waals surface area contributed by atoms with Crippen LogP contribution in [-0.4, -0.2) is 55.4 Å². The van der Waals surface area contributed by atoms with Gasteiger partial charge in [0, 0.05) is 0 Å². The third-order valence-electron chi connectivity index (χ3n) is 4.08. The molecule has 11 heteroatoms. The number of hydrogen-bond acceptors (Lipinski definition) is 6. The Hall–Kier alpha value is -2.33. The van der Waals surface area contributed by atoms with E-state index in [1.54, 1.807) is 12.1 Å². The van der Waals surface area contributed by atoms with Gasteiger partial charge in [0.15, 0.2) is 5.82 Å². The number of aliphatic carboxylic acids is 1. The number of halogens is 3. The van der Waals surface area contributed by atoms with Gasteiger partial charge < -0.3 is 9.84 Å². The minimum absolute atomic E-state index is 0. The van der Waals surface area contributed by atoms with Gasteiger partial charge in [0.05, 0.1) is 12.2 Å². The van der Waals surface area contributed by atoms with Crippen molar-refractivity contribution in [2.75, 3.05) is 6.54 Å². The second kappa shape index (κ2) is 8.86. The summed E-state index contributed by atoms with van der Waals surface area (Å²) in [5, 5.41) is 20.9. The van der Waals surface area contributed by atoms with Crippen molar-refractivity contribution in [3.63, 3.8) is 0 Å². The van der Waals surface area contributed by atoms with E-state index in [2.05, 4.69) is 20.3 Å². The maximum Gasteiger partial charge on any atom is 0.387 e. The van der Waals surface area contributed by atoms with Crippen molar-refractivity contribution in [2.24, 2.45) is 0 Å². The number of piperidine rings is 1. The SMILES string of the molecule is Cl.O=C(O)C1CCCCN1Cc1nnnn1-c1ccc(OC(F)F)cc1. The van der Waals surface area contributed by atoms with Gasteiger partial charge in [-0.05, 0) is 54.1 Å². The fourth-order valence-electron chi connectivity index (χ4n) is 2.92. The van der Waals surface area contributed by atoms with E-state index in [1.807, 2.05) is 4.90 Å². The first-order valence-corrected chi connectivity index (χ1v) is 7.84. The summed E-state index contributed by atoms with van der Waals surface area (Å²) >= 11 is 0. The van der Waals surface area contributed by atoms with Crippen LogP contribution in [0.25, 0.3) is 5.69 Å². The molecule has 2 aromatic rings. The third-order valence-corrected chi connectivity index (χ3v) is 4.08. The van der Waals surface area contributed by atoms with E-state index in [0.29, 0.717) is 31.0 Å². The Bertz CT molecular complexity index is 728. The van der Waals surface area contributed by atoms with E-state index < -0.39 is 18.6 Å². The lowest BCUT2D eigenvalue weighted by molar-refractivity contribution is -0.144. The molecule has 0 amide bonds. The Morgan fingerprint density at radius 1 is 1.31 bits per heavy atom. The molecule has 0 spiro atoms. The van der Waals surface area contributed by atoms with Crippen molar-refractivity contribution in [1.82, 2.24) is 25.1 Å². The molecule has 8 nitrogen and oxygen atoms in total. The molecule has 1 aliphatic heterocycles. The standard InChI is InChI=1S/C15H17F2N5O3.ClH/c16-15(17)25-11-6-4-10(5-7-11)22-13(18-19-20-22)9-21-8-2-1-3-12(21)14(23)24;/h4-7,12,15H,1-3,8-9H2,(H,23,24);1H. The number of nitrogens with zero attached hydrogens (tertiary/aromatic N) is 5. The number of likely N-dealkylation sites (tertiary alicyclic amines) is 1. The summed E-state index contributed by atoms with van der Waals surface area (Å²) in [5.41, 5.74) is 0.575. The molecule has 1 N–H and O–H groups in total. The largest absolute Gasteiger partial charge is 0.480 e. The Kier molecular flexibility index (Phi) is 6.81. The number of tetrazole rings is 1. The van der Waals surface area contributed by atoms with E-state index in [9.17, 15) is 18.7 Å². The molecule has 1 aromatic heterocycles. The Balaban J connectivity index is 0.00000243. The molecule has 0 aliphatic carbocycles. The van der Waals surface area contributed by atoms with E-state index in [1.165, 1.54) is 16.8 Å². The van der Waals surface area contributed by atoms with Gasteiger partial charge >= 0.3 is 12.6 Å². The highest BCUT2D eigenvalue weighted by Crippen LogP contribution is 2.21. The third kappa shape index (κ3) is 4.64. The van der Waals surface area contributed by atoms with Gasteiger partial charge in [0.2, 0.25) is 0 Å². The van der Waals surface area contributed by atoms with Gasteiger partial charge in [0.1, 0.15) is 11.8 Å². The van der Waals surface area contributed by atoms with E-state index in [4.69, 9.17) is 0 Å². The molecule has 0 bridgehead atoms. The summed E-state index contributed by atoms with van der Waals surface area (Å²) in [7, 11) is 0. The van der Waals surface area contributed by atoms with Crippen LogP contribution < -0.4 is 4.74 Å². The number of carbonyl (C=O) groups is 1. The average molecular weight is 390 g/mol. The molecule has 26 heavy (non-hydrogen) atoms. The lowest BCUT2D eigenvalue weighted by atomic mass is 10.0. The number of aromatic nitrogens is 4. The van der Waals surface area contributed by atoms with Crippen LogP contribution in [0.2, 0.25) is 0 Å². The summed E-state index contributed by atoms with van der Waals surface area (Å²) in [4.78, 5) is 13.2. The van der Waals surface area contributed by atoms with Crippen molar-refractivity contribution >= 4 is 18.4 Å². The molecule has 3 rings (SSSR count). The number of carboxylic acid groups (broad SMARTS) is 1. The fourth-order valence-corrected chi connectivity index (χ4v) is 2.92. The van der Waals surface area contributed by atoms with Crippen LogP contribution in [0.5, 0.6) is 5.75 Å². The maximum atomic E-state index is 12.2. The van der Waals surface area contributed by atoms with Crippen LogP contribution in [0.15, 0.2) is 24.3 Å². The van der Waals surface area contributed by atoms with Crippen LogP contribution in [0.1, 0.15) is 25.1 Å². The second-order valence-electron chi connectivity index (χ2n) is 5.70. The van der Waals surface area contributed by atoms with Gasteiger partial charge in [0.25, 0.3) is 0 Å². The highest BCUT2D eigenvalue weighted by Gasteiger charge is 2.29. The minimum atomic E-state index is -2.89. The van der Waals surface area contributed by atoms with Gasteiger partial charge in [-0.25, -0.2) is 0 Å². The molecular formula is C15H18ClF2N5O3. The lowest BCUT2D eigenvalue weighted by Gasteiger charge is -2.32. The van der Waals surface area contributed by atoms with Gasteiger partial charge in [-0.15, -0.1) is 17.5 Å². The number of ether oxygens (including phenoxy) is 1. The molecule has 142 valence electrons. The first-order chi connectivity index (χ1) is 12.0. The highest BCUT2D eigenvalue weighted by molar-refractivity contribution is 5.85. The van der Waals surface area contributed by atoms with Gasteiger partial charge in [-0.3, -0.25) is 9.69 Å². The van der Waals surface area contributed by atoms with Crippen LogP contribution in [-0.2, 0) is 11.3 Å². The molecule has 0 radical (unpaired) electrons. The smallest absolute Gasteiger partial charge is 0.387 e. The minimum Gasteiger partial charge on any atom is -0.480 e. The molecule has 1 unspecified atom stereocenters. The number of benzene rings is 1.